The van der Waals surface area contributed by atoms with E-state index in [1.165, 1.54) is 18.2 Å². The number of amides is 1. The van der Waals surface area contributed by atoms with Crippen molar-refractivity contribution in [3.8, 4) is 0 Å². The van der Waals surface area contributed by atoms with Crippen LogP contribution in [-0.2, 0) is 16.6 Å². The predicted octanol–water partition coefficient (Wildman–Crippen LogP) is 5.65. The summed E-state index contributed by atoms with van der Waals surface area (Å²) in [5, 5.41) is 3.40. The van der Waals surface area contributed by atoms with Crippen LogP contribution in [0.4, 0.5) is 5.69 Å². The van der Waals surface area contributed by atoms with E-state index in [-0.39, 0.29) is 27.4 Å². The number of hydrogen-bond donors (Lipinski definition) is 2. The molecule has 3 aromatic carbocycles. The van der Waals surface area contributed by atoms with Crippen LogP contribution in [0, 0.1) is 20.8 Å². The Labute approximate surface area is 192 Å². The standard InChI is InChI=1S/C23H22Cl2N2O3S/c1-14-10-15(2)22(16(3)11-14)27-23(28)18-6-4-17(5-7-18)13-26-31(29,30)19-8-9-20(24)21(25)12-19/h4-12,26H,13H2,1-3H3,(H,27,28). The molecule has 0 unspecified atom stereocenters. The molecule has 2 N–H and O–H groups in total. The first kappa shape index (κ1) is 23.3. The van der Waals surface area contributed by atoms with E-state index in [0.29, 0.717) is 11.1 Å². The number of carbonyl (C=O) groups is 1. The number of carbonyl (C=O) groups excluding carboxylic acids is 1. The van der Waals surface area contributed by atoms with Gasteiger partial charge in [0.05, 0.1) is 14.9 Å². The Balaban J connectivity index is 1.67. The minimum atomic E-state index is -3.75. The first-order chi connectivity index (χ1) is 14.6. The van der Waals surface area contributed by atoms with Crippen LogP contribution in [0.2, 0.25) is 10.0 Å². The quantitative estimate of drug-likeness (QED) is 0.482. The average molecular weight is 477 g/mol. The second-order valence-corrected chi connectivity index (χ2v) is 9.91. The number of aryl methyl sites for hydroxylation is 3. The van der Waals surface area contributed by atoms with Gasteiger partial charge >= 0.3 is 0 Å². The first-order valence-electron chi connectivity index (χ1n) is 9.49. The Morgan fingerprint density at radius 2 is 1.48 bits per heavy atom. The molecule has 0 aromatic heterocycles. The van der Waals surface area contributed by atoms with Gasteiger partial charge in [-0.1, -0.05) is 53.0 Å². The van der Waals surface area contributed by atoms with Crippen molar-refractivity contribution in [3.63, 3.8) is 0 Å². The molecule has 0 atom stereocenters. The zero-order valence-electron chi connectivity index (χ0n) is 17.3. The molecule has 3 aromatic rings. The lowest BCUT2D eigenvalue weighted by Gasteiger charge is -2.13. The van der Waals surface area contributed by atoms with Crippen LogP contribution in [0.1, 0.15) is 32.6 Å². The second kappa shape index (κ2) is 9.40. The van der Waals surface area contributed by atoms with E-state index in [4.69, 9.17) is 23.2 Å². The lowest BCUT2D eigenvalue weighted by Crippen LogP contribution is -2.23. The molecule has 0 aliphatic carbocycles. The molecule has 5 nitrogen and oxygen atoms in total. The van der Waals surface area contributed by atoms with E-state index < -0.39 is 10.0 Å². The zero-order chi connectivity index (χ0) is 22.8. The van der Waals surface area contributed by atoms with Gasteiger partial charge in [0.1, 0.15) is 0 Å². The van der Waals surface area contributed by atoms with Crippen LogP contribution in [0.15, 0.2) is 59.5 Å². The number of hydrogen-bond acceptors (Lipinski definition) is 3. The minimum Gasteiger partial charge on any atom is -0.322 e. The average Bonchev–Trinajstić information content (AvgIpc) is 2.71. The Kier molecular flexibility index (Phi) is 7.06. The van der Waals surface area contributed by atoms with Crippen LogP contribution in [0.5, 0.6) is 0 Å². The molecule has 0 spiro atoms. The number of halogens is 2. The van der Waals surface area contributed by atoms with Crippen molar-refractivity contribution in [2.75, 3.05) is 5.32 Å². The number of benzene rings is 3. The fourth-order valence-corrected chi connectivity index (χ4v) is 4.65. The number of rotatable bonds is 6. The molecule has 0 radical (unpaired) electrons. The van der Waals surface area contributed by atoms with Crippen molar-refractivity contribution in [2.45, 2.75) is 32.2 Å². The lowest BCUT2D eigenvalue weighted by atomic mass is 10.0. The van der Waals surface area contributed by atoms with Gasteiger partial charge in [0.25, 0.3) is 5.91 Å². The van der Waals surface area contributed by atoms with Gasteiger partial charge in [0.15, 0.2) is 0 Å². The fourth-order valence-electron chi connectivity index (χ4n) is 3.24. The summed E-state index contributed by atoms with van der Waals surface area (Å²) >= 11 is 11.7. The monoisotopic (exact) mass is 476 g/mol. The highest BCUT2D eigenvalue weighted by atomic mass is 35.5. The number of nitrogens with one attached hydrogen (secondary N) is 2. The van der Waals surface area contributed by atoms with Gasteiger partial charge in [0, 0.05) is 17.8 Å². The zero-order valence-corrected chi connectivity index (χ0v) is 19.6. The first-order valence-corrected chi connectivity index (χ1v) is 11.7. The molecule has 0 fully saturated rings. The van der Waals surface area contributed by atoms with Gasteiger partial charge in [-0.15, -0.1) is 0 Å². The van der Waals surface area contributed by atoms with Crippen molar-refractivity contribution < 1.29 is 13.2 Å². The van der Waals surface area contributed by atoms with Gasteiger partial charge in [-0.3, -0.25) is 4.79 Å². The van der Waals surface area contributed by atoms with Gasteiger partial charge in [-0.2, -0.15) is 0 Å². The summed E-state index contributed by atoms with van der Waals surface area (Å²) < 4.78 is 27.4. The minimum absolute atomic E-state index is 0.0294. The van der Waals surface area contributed by atoms with Crippen LogP contribution >= 0.6 is 23.2 Å². The van der Waals surface area contributed by atoms with Crippen molar-refractivity contribution in [2.24, 2.45) is 0 Å². The summed E-state index contributed by atoms with van der Waals surface area (Å²) in [7, 11) is -3.75. The summed E-state index contributed by atoms with van der Waals surface area (Å²) in [5.41, 5.74) is 5.13. The summed E-state index contributed by atoms with van der Waals surface area (Å²) in [6.45, 7) is 6.00. The molecule has 0 bridgehead atoms. The molecule has 0 aliphatic rings. The van der Waals surface area contributed by atoms with Gasteiger partial charge in [0.2, 0.25) is 10.0 Å². The van der Waals surface area contributed by atoms with Crippen LogP contribution in [0.3, 0.4) is 0 Å². The van der Waals surface area contributed by atoms with Crippen molar-refractivity contribution in [3.05, 3.63) is 92.5 Å². The maximum atomic E-state index is 12.6. The molecule has 3 rings (SSSR count). The van der Waals surface area contributed by atoms with E-state index >= 15 is 0 Å². The Bertz CT molecular complexity index is 1220. The van der Waals surface area contributed by atoms with Crippen molar-refractivity contribution in [1.29, 1.82) is 0 Å². The fraction of sp³-hybridized carbons (Fsp3) is 0.174. The summed E-state index contributed by atoms with van der Waals surface area (Å²) in [6, 6.07) is 14.9. The third-order valence-corrected chi connectivity index (χ3v) is 6.94. The molecule has 0 saturated carbocycles. The molecule has 0 aliphatic heterocycles. The Morgan fingerprint density at radius 1 is 0.871 bits per heavy atom. The Morgan fingerprint density at radius 3 is 2.06 bits per heavy atom. The molecular formula is C23H22Cl2N2O3S. The SMILES string of the molecule is Cc1cc(C)c(NC(=O)c2ccc(CNS(=O)(=O)c3ccc(Cl)c(Cl)c3)cc2)c(C)c1. The van der Waals surface area contributed by atoms with E-state index in [0.717, 1.165) is 22.4 Å². The van der Waals surface area contributed by atoms with Gasteiger partial charge in [-0.05, 0) is 67.8 Å². The van der Waals surface area contributed by atoms with Crippen LogP contribution in [-0.4, -0.2) is 14.3 Å². The second-order valence-electron chi connectivity index (χ2n) is 7.33. The summed E-state index contributed by atoms with van der Waals surface area (Å²) in [6.07, 6.45) is 0. The van der Waals surface area contributed by atoms with Gasteiger partial charge in [-0.25, -0.2) is 13.1 Å². The predicted molar refractivity (Wildman–Crippen MR) is 126 cm³/mol. The van der Waals surface area contributed by atoms with E-state index in [2.05, 4.69) is 10.0 Å². The molecule has 8 heteroatoms. The van der Waals surface area contributed by atoms with E-state index in [1.807, 2.05) is 32.9 Å². The molecule has 0 heterocycles. The van der Waals surface area contributed by atoms with Crippen molar-refractivity contribution >= 4 is 44.8 Å². The third kappa shape index (κ3) is 5.66. The highest BCUT2D eigenvalue weighted by Crippen LogP contribution is 2.25. The van der Waals surface area contributed by atoms with Crippen LogP contribution in [0.25, 0.3) is 0 Å². The molecule has 1 amide bonds. The number of anilines is 1. The molecular weight excluding hydrogens is 455 g/mol. The van der Waals surface area contributed by atoms with Crippen LogP contribution < -0.4 is 10.0 Å². The molecule has 0 saturated heterocycles. The summed E-state index contributed by atoms with van der Waals surface area (Å²) in [5.74, 6) is -0.224. The largest absolute Gasteiger partial charge is 0.322 e. The maximum absolute atomic E-state index is 12.6. The Hall–Kier alpha value is -2.38. The summed E-state index contributed by atoms with van der Waals surface area (Å²) in [4.78, 5) is 12.7. The lowest BCUT2D eigenvalue weighted by molar-refractivity contribution is 0.102. The topological polar surface area (TPSA) is 75.3 Å². The normalized spacial score (nSPS) is 11.4. The third-order valence-electron chi connectivity index (χ3n) is 4.80. The van der Waals surface area contributed by atoms with Gasteiger partial charge < -0.3 is 5.32 Å². The smallest absolute Gasteiger partial charge is 0.255 e. The van der Waals surface area contributed by atoms with E-state index in [1.54, 1.807) is 24.3 Å². The molecule has 162 valence electrons. The highest BCUT2D eigenvalue weighted by molar-refractivity contribution is 7.89. The maximum Gasteiger partial charge on any atom is 0.255 e. The highest BCUT2D eigenvalue weighted by Gasteiger charge is 2.16. The van der Waals surface area contributed by atoms with E-state index in [9.17, 15) is 13.2 Å². The van der Waals surface area contributed by atoms with Crippen molar-refractivity contribution in [1.82, 2.24) is 4.72 Å². The molecule has 31 heavy (non-hydrogen) atoms. The number of sulfonamides is 1.